The lowest BCUT2D eigenvalue weighted by atomic mass is 10.2. The first-order valence-corrected chi connectivity index (χ1v) is 9.05. The number of ether oxygens (including phenoxy) is 1. The summed E-state index contributed by atoms with van der Waals surface area (Å²) in [5.74, 6) is -1.62. The van der Waals surface area contributed by atoms with Crippen LogP contribution in [0.2, 0.25) is 10.0 Å². The molecule has 8 heteroatoms. The Hall–Kier alpha value is -3.22. The smallest absolute Gasteiger partial charge is 0.345 e. The molecule has 0 fully saturated rings. The number of nitrogens with one attached hydrogen (secondary N) is 1. The van der Waals surface area contributed by atoms with Gasteiger partial charge < -0.3 is 4.74 Å². The van der Waals surface area contributed by atoms with Gasteiger partial charge in [0.05, 0.1) is 22.4 Å². The van der Waals surface area contributed by atoms with E-state index in [-0.39, 0.29) is 16.1 Å². The van der Waals surface area contributed by atoms with Gasteiger partial charge in [-0.25, -0.2) is 14.6 Å². The Labute approximate surface area is 175 Å². The van der Waals surface area contributed by atoms with Gasteiger partial charge in [-0.2, -0.15) is 5.10 Å². The molecule has 1 amide bonds. The molecule has 0 spiro atoms. The second kappa shape index (κ2) is 9.32. The number of rotatable bonds is 5. The lowest BCUT2D eigenvalue weighted by molar-refractivity contribution is 0.0734. The molecule has 0 aliphatic carbocycles. The quantitative estimate of drug-likeness (QED) is 0.264. The summed E-state index contributed by atoms with van der Waals surface area (Å²) in [4.78, 5) is 24.1. The van der Waals surface area contributed by atoms with E-state index in [1.807, 2.05) is 0 Å². The first-order chi connectivity index (χ1) is 13.9. The number of carbonyl (C=O) groups is 2. The summed E-state index contributed by atoms with van der Waals surface area (Å²) < 4.78 is 18.8. The van der Waals surface area contributed by atoms with E-state index in [0.29, 0.717) is 16.3 Å². The SMILES string of the molecule is O=C(N/N=C\c1ccc(OC(=O)c2ccc(Cl)cc2Cl)cc1)c1ccccc1F. The van der Waals surface area contributed by atoms with Crippen molar-refractivity contribution in [3.63, 3.8) is 0 Å². The van der Waals surface area contributed by atoms with Gasteiger partial charge in [0.15, 0.2) is 0 Å². The maximum atomic E-state index is 13.5. The molecule has 3 rings (SSSR count). The van der Waals surface area contributed by atoms with E-state index in [9.17, 15) is 14.0 Å². The molecule has 146 valence electrons. The van der Waals surface area contributed by atoms with Gasteiger partial charge in [-0.1, -0.05) is 35.3 Å². The maximum Gasteiger partial charge on any atom is 0.345 e. The first-order valence-electron chi connectivity index (χ1n) is 8.29. The highest BCUT2D eigenvalue weighted by Gasteiger charge is 2.13. The predicted octanol–water partition coefficient (Wildman–Crippen LogP) is 5.12. The summed E-state index contributed by atoms with van der Waals surface area (Å²) in [6.45, 7) is 0. The normalized spacial score (nSPS) is 10.7. The monoisotopic (exact) mass is 430 g/mol. The molecular formula is C21H13Cl2FN2O3. The van der Waals surface area contributed by atoms with Crippen LogP contribution in [-0.4, -0.2) is 18.1 Å². The Morgan fingerprint density at radius 2 is 1.69 bits per heavy atom. The Morgan fingerprint density at radius 3 is 2.38 bits per heavy atom. The molecule has 5 nitrogen and oxygen atoms in total. The van der Waals surface area contributed by atoms with Crippen molar-refractivity contribution < 1.29 is 18.7 Å². The third kappa shape index (κ3) is 5.40. The van der Waals surface area contributed by atoms with Crippen molar-refractivity contribution >= 4 is 41.3 Å². The van der Waals surface area contributed by atoms with Crippen LogP contribution >= 0.6 is 23.2 Å². The van der Waals surface area contributed by atoms with Gasteiger partial charge in [-0.3, -0.25) is 4.79 Å². The van der Waals surface area contributed by atoms with Crippen molar-refractivity contribution in [3.05, 3.63) is 99.3 Å². The Balaban J connectivity index is 1.60. The van der Waals surface area contributed by atoms with Crippen molar-refractivity contribution in [2.45, 2.75) is 0 Å². The number of esters is 1. The van der Waals surface area contributed by atoms with Crippen LogP contribution in [0.5, 0.6) is 5.75 Å². The minimum Gasteiger partial charge on any atom is -0.423 e. The number of amides is 1. The molecule has 3 aromatic rings. The Kier molecular flexibility index (Phi) is 6.59. The second-order valence-corrected chi connectivity index (χ2v) is 6.61. The molecule has 0 aliphatic rings. The number of hydrogen-bond acceptors (Lipinski definition) is 4. The molecule has 29 heavy (non-hydrogen) atoms. The van der Waals surface area contributed by atoms with Gasteiger partial charge in [-0.15, -0.1) is 0 Å². The average molecular weight is 431 g/mol. The van der Waals surface area contributed by atoms with Crippen LogP contribution in [0.1, 0.15) is 26.3 Å². The number of benzene rings is 3. The number of hydrazone groups is 1. The molecule has 0 saturated heterocycles. The molecule has 0 atom stereocenters. The zero-order valence-corrected chi connectivity index (χ0v) is 16.2. The third-order valence-electron chi connectivity index (χ3n) is 3.74. The largest absolute Gasteiger partial charge is 0.423 e. The summed E-state index contributed by atoms with van der Waals surface area (Å²) in [6.07, 6.45) is 1.38. The van der Waals surface area contributed by atoms with E-state index >= 15 is 0 Å². The standard InChI is InChI=1S/C21H13Cl2FN2O3/c22-14-7-10-16(18(23)11-14)21(28)29-15-8-5-13(6-9-15)12-25-26-20(27)17-3-1-2-4-19(17)24/h1-12H,(H,26,27)/b25-12-. The number of nitrogens with zero attached hydrogens (tertiary/aromatic N) is 1. The van der Waals surface area contributed by atoms with Crippen molar-refractivity contribution in [2.75, 3.05) is 0 Å². The van der Waals surface area contributed by atoms with E-state index < -0.39 is 17.7 Å². The minimum atomic E-state index is -0.662. The highest BCUT2D eigenvalue weighted by atomic mass is 35.5. The zero-order valence-electron chi connectivity index (χ0n) is 14.7. The molecule has 0 saturated carbocycles. The van der Waals surface area contributed by atoms with Crippen molar-refractivity contribution in [1.29, 1.82) is 0 Å². The van der Waals surface area contributed by atoms with E-state index in [4.69, 9.17) is 27.9 Å². The predicted molar refractivity (Wildman–Crippen MR) is 109 cm³/mol. The van der Waals surface area contributed by atoms with Crippen LogP contribution < -0.4 is 10.2 Å². The number of carbonyl (C=O) groups excluding carboxylic acids is 2. The molecule has 0 heterocycles. The van der Waals surface area contributed by atoms with Gasteiger partial charge >= 0.3 is 5.97 Å². The topological polar surface area (TPSA) is 67.8 Å². The fourth-order valence-electron chi connectivity index (χ4n) is 2.31. The van der Waals surface area contributed by atoms with Gasteiger partial charge in [0.2, 0.25) is 0 Å². The molecule has 0 bridgehead atoms. The van der Waals surface area contributed by atoms with E-state index in [1.165, 1.54) is 36.5 Å². The highest BCUT2D eigenvalue weighted by molar-refractivity contribution is 6.36. The van der Waals surface area contributed by atoms with E-state index in [2.05, 4.69) is 10.5 Å². The fraction of sp³-hybridized carbons (Fsp3) is 0. The molecule has 0 unspecified atom stereocenters. The van der Waals surface area contributed by atoms with E-state index in [0.717, 1.165) is 0 Å². The van der Waals surface area contributed by atoms with Crippen LogP contribution in [0.15, 0.2) is 71.8 Å². The van der Waals surface area contributed by atoms with Crippen LogP contribution in [0.3, 0.4) is 0 Å². The maximum absolute atomic E-state index is 13.5. The second-order valence-electron chi connectivity index (χ2n) is 5.76. The fourth-order valence-corrected chi connectivity index (χ4v) is 2.80. The highest BCUT2D eigenvalue weighted by Crippen LogP contribution is 2.23. The van der Waals surface area contributed by atoms with Gasteiger partial charge in [0.25, 0.3) is 5.91 Å². The summed E-state index contributed by atoms with van der Waals surface area (Å²) in [7, 11) is 0. The van der Waals surface area contributed by atoms with E-state index in [1.54, 1.807) is 36.4 Å². The molecule has 3 aromatic carbocycles. The molecular weight excluding hydrogens is 418 g/mol. The van der Waals surface area contributed by atoms with Gasteiger partial charge in [0, 0.05) is 5.02 Å². The number of halogens is 3. The first kappa shape index (κ1) is 20.5. The van der Waals surface area contributed by atoms with Crippen LogP contribution in [0.4, 0.5) is 4.39 Å². The summed E-state index contributed by atoms with van der Waals surface area (Å²) in [5.41, 5.74) is 2.96. The summed E-state index contributed by atoms with van der Waals surface area (Å²) in [6, 6.07) is 16.4. The molecule has 0 radical (unpaired) electrons. The molecule has 0 aliphatic heterocycles. The van der Waals surface area contributed by atoms with Crippen LogP contribution in [0.25, 0.3) is 0 Å². The summed E-state index contributed by atoms with van der Waals surface area (Å²) in [5, 5.41) is 4.39. The third-order valence-corrected chi connectivity index (χ3v) is 4.29. The lowest BCUT2D eigenvalue weighted by Gasteiger charge is -2.06. The average Bonchev–Trinajstić information content (AvgIpc) is 2.69. The van der Waals surface area contributed by atoms with Crippen molar-refractivity contribution in [2.24, 2.45) is 5.10 Å². The van der Waals surface area contributed by atoms with Crippen LogP contribution in [0, 0.1) is 5.82 Å². The van der Waals surface area contributed by atoms with Gasteiger partial charge in [-0.05, 0) is 60.2 Å². The molecule has 0 aromatic heterocycles. The van der Waals surface area contributed by atoms with Gasteiger partial charge in [0.1, 0.15) is 11.6 Å². The van der Waals surface area contributed by atoms with Crippen molar-refractivity contribution in [3.8, 4) is 5.75 Å². The van der Waals surface area contributed by atoms with Crippen LogP contribution in [-0.2, 0) is 0 Å². The minimum absolute atomic E-state index is 0.104. The Morgan fingerprint density at radius 1 is 0.966 bits per heavy atom. The molecule has 1 N–H and O–H groups in total. The summed E-state index contributed by atoms with van der Waals surface area (Å²) >= 11 is 11.8. The number of hydrogen-bond donors (Lipinski definition) is 1. The Bertz CT molecular complexity index is 1090. The zero-order chi connectivity index (χ0) is 20.8. The van der Waals surface area contributed by atoms with Crippen molar-refractivity contribution in [1.82, 2.24) is 5.43 Å². The lowest BCUT2D eigenvalue weighted by Crippen LogP contribution is -2.18.